The molecular weight excluding hydrogens is 378 g/mol. The van der Waals surface area contributed by atoms with E-state index in [1.54, 1.807) is 29.2 Å². The molecule has 0 atom stereocenters. The number of fused-ring (bicyclic) bond motifs is 1. The number of hydrogen-bond donors (Lipinski definition) is 0. The maximum atomic E-state index is 13.8. The van der Waals surface area contributed by atoms with Crippen molar-refractivity contribution < 1.29 is 18.3 Å². The summed E-state index contributed by atoms with van der Waals surface area (Å²) in [5, 5.41) is 4.05. The van der Waals surface area contributed by atoms with Crippen molar-refractivity contribution in [1.82, 2.24) is 19.5 Å². The van der Waals surface area contributed by atoms with Gasteiger partial charge in [-0.1, -0.05) is 25.0 Å². The maximum absolute atomic E-state index is 13.8. The lowest BCUT2D eigenvalue weighted by Gasteiger charge is -2.19. The number of carbonyl (C=O) groups is 1. The van der Waals surface area contributed by atoms with Gasteiger partial charge >= 0.3 is 0 Å². The molecule has 1 saturated heterocycles. The molecule has 1 amide bonds. The number of amides is 1. The average Bonchev–Trinajstić information content (AvgIpc) is 2.97. The van der Waals surface area contributed by atoms with E-state index >= 15 is 0 Å². The largest absolute Gasteiger partial charge is 0.496 e. The van der Waals surface area contributed by atoms with Gasteiger partial charge in [0, 0.05) is 18.7 Å². The van der Waals surface area contributed by atoms with Gasteiger partial charge in [-0.15, -0.1) is 0 Å². The van der Waals surface area contributed by atoms with Gasteiger partial charge in [-0.2, -0.15) is 5.10 Å². The minimum absolute atomic E-state index is 0.137. The monoisotopic (exact) mass is 400 g/mol. The van der Waals surface area contributed by atoms with Crippen LogP contribution in [0.25, 0.3) is 16.9 Å². The first-order valence-corrected chi connectivity index (χ1v) is 9.69. The summed E-state index contributed by atoms with van der Waals surface area (Å²) in [6, 6.07) is 8.36. The lowest BCUT2D eigenvalue weighted by Crippen LogP contribution is -2.31. The summed E-state index contributed by atoms with van der Waals surface area (Å²) in [6.45, 7) is 1.31. The normalized spacial score (nSPS) is 15.0. The Labute approximate surface area is 167 Å². The van der Waals surface area contributed by atoms with Gasteiger partial charge in [0.15, 0.2) is 5.65 Å². The molecular formula is C21H22F2N4O2. The molecule has 1 aliphatic heterocycles. The zero-order valence-electron chi connectivity index (χ0n) is 16.1. The van der Waals surface area contributed by atoms with Crippen molar-refractivity contribution in [3.8, 4) is 17.0 Å². The van der Waals surface area contributed by atoms with E-state index in [4.69, 9.17) is 4.74 Å². The molecule has 0 saturated carbocycles. The van der Waals surface area contributed by atoms with Crippen LogP contribution in [0.15, 0.2) is 36.5 Å². The molecule has 1 aliphatic rings. The van der Waals surface area contributed by atoms with Gasteiger partial charge in [-0.05, 0) is 31.0 Å². The first-order valence-electron chi connectivity index (χ1n) is 9.69. The second kappa shape index (κ2) is 8.14. The standard InChI is InChI=1S/C21H22F2N4O2/c1-29-18-9-5-4-8-14(18)16-12-17(19(22)23)27-20(25-16)15(13-24-27)21(28)26-10-6-2-3-7-11-26/h4-5,8-9,12-13,19H,2-3,6-7,10-11H2,1H3. The first kappa shape index (κ1) is 19.3. The third kappa shape index (κ3) is 3.66. The van der Waals surface area contributed by atoms with Crippen LogP contribution in [0.2, 0.25) is 0 Å². The van der Waals surface area contributed by atoms with Gasteiger partial charge < -0.3 is 9.64 Å². The van der Waals surface area contributed by atoms with Crippen LogP contribution in [0, 0.1) is 0 Å². The van der Waals surface area contributed by atoms with Gasteiger partial charge in [-0.25, -0.2) is 18.3 Å². The van der Waals surface area contributed by atoms with E-state index in [1.165, 1.54) is 19.4 Å². The predicted molar refractivity (Wildman–Crippen MR) is 104 cm³/mol. The van der Waals surface area contributed by atoms with Crippen molar-refractivity contribution in [2.45, 2.75) is 32.1 Å². The topological polar surface area (TPSA) is 59.7 Å². The Morgan fingerprint density at radius 2 is 1.86 bits per heavy atom. The number of alkyl halides is 2. The fourth-order valence-electron chi connectivity index (χ4n) is 3.73. The van der Waals surface area contributed by atoms with E-state index in [0.29, 0.717) is 30.1 Å². The van der Waals surface area contributed by atoms with Gasteiger partial charge in [0.25, 0.3) is 12.3 Å². The van der Waals surface area contributed by atoms with Gasteiger partial charge in [-0.3, -0.25) is 4.79 Å². The average molecular weight is 400 g/mol. The quantitative estimate of drug-likeness (QED) is 0.653. The Bertz CT molecular complexity index is 1030. The Hall–Kier alpha value is -3.03. The van der Waals surface area contributed by atoms with Crippen LogP contribution in [0.4, 0.5) is 8.78 Å². The minimum atomic E-state index is -2.77. The Kier molecular flexibility index (Phi) is 5.42. The Morgan fingerprint density at radius 1 is 1.14 bits per heavy atom. The number of nitrogens with zero attached hydrogens (tertiary/aromatic N) is 4. The zero-order chi connectivity index (χ0) is 20.4. The molecule has 8 heteroatoms. The molecule has 1 fully saturated rings. The molecule has 0 spiro atoms. The molecule has 6 nitrogen and oxygen atoms in total. The van der Waals surface area contributed by atoms with E-state index in [9.17, 15) is 13.6 Å². The Morgan fingerprint density at radius 3 is 2.55 bits per heavy atom. The summed E-state index contributed by atoms with van der Waals surface area (Å²) in [5.41, 5.74) is 0.957. The van der Waals surface area contributed by atoms with Crippen LogP contribution < -0.4 is 4.74 Å². The second-order valence-corrected chi connectivity index (χ2v) is 7.07. The van der Waals surface area contributed by atoms with Crippen molar-refractivity contribution in [3.63, 3.8) is 0 Å². The van der Waals surface area contributed by atoms with Crippen LogP contribution in [-0.4, -0.2) is 45.6 Å². The number of hydrogen-bond acceptors (Lipinski definition) is 4. The van der Waals surface area contributed by atoms with Crippen molar-refractivity contribution in [2.24, 2.45) is 0 Å². The molecule has 0 bridgehead atoms. The molecule has 0 aliphatic carbocycles. The van der Waals surface area contributed by atoms with Crippen molar-refractivity contribution in [1.29, 1.82) is 0 Å². The number of rotatable bonds is 4. The van der Waals surface area contributed by atoms with Gasteiger partial charge in [0.2, 0.25) is 0 Å². The van der Waals surface area contributed by atoms with E-state index in [1.807, 2.05) is 0 Å². The molecule has 3 heterocycles. The van der Waals surface area contributed by atoms with Gasteiger partial charge in [0.1, 0.15) is 17.0 Å². The molecule has 0 unspecified atom stereocenters. The summed E-state index contributed by atoms with van der Waals surface area (Å²) in [4.78, 5) is 19.4. The molecule has 0 radical (unpaired) electrons. The summed E-state index contributed by atoms with van der Waals surface area (Å²) in [7, 11) is 1.51. The minimum Gasteiger partial charge on any atom is -0.496 e. The first-order chi connectivity index (χ1) is 14.1. The highest BCUT2D eigenvalue weighted by molar-refractivity contribution is 6.00. The smallest absolute Gasteiger partial charge is 0.280 e. The highest BCUT2D eigenvalue weighted by Gasteiger charge is 2.25. The number of halogens is 2. The number of ether oxygens (including phenoxy) is 1. The number of aromatic nitrogens is 3. The zero-order valence-corrected chi connectivity index (χ0v) is 16.1. The summed E-state index contributed by atoms with van der Waals surface area (Å²) in [6.07, 6.45) is 2.62. The Balaban J connectivity index is 1.85. The van der Waals surface area contributed by atoms with Crippen LogP contribution >= 0.6 is 0 Å². The highest BCUT2D eigenvalue weighted by Crippen LogP contribution is 2.32. The van der Waals surface area contributed by atoms with Crippen molar-refractivity contribution in [2.75, 3.05) is 20.2 Å². The van der Waals surface area contributed by atoms with Crippen molar-refractivity contribution in [3.05, 3.63) is 47.8 Å². The molecule has 3 aromatic rings. The van der Waals surface area contributed by atoms with Crippen molar-refractivity contribution >= 4 is 11.6 Å². The third-order valence-electron chi connectivity index (χ3n) is 5.23. The number of benzene rings is 1. The molecule has 2 aromatic heterocycles. The number of carbonyl (C=O) groups excluding carboxylic acids is 1. The molecule has 4 rings (SSSR count). The van der Waals surface area contributed by atoms with Gasteiger partial charge in [0.05, 0.1) is 19.0 Å². The SMILES string of the molecule is COc1ccccc1-c1cc(C(F)F)n2ncc(C(=O)N3CCCCCC3)c2n1. The van der Waals surface area contributed by atoms with Crippen LogP contribution in [-0.2, 0) is 0 Å². The fraction of sp³-hybridized carbons (Fsp3) is 0.381. The van der Waals surface area contributed by atoms with Crippen LogP contribution in [0.3, 0.4) is 0 Å². The van der Waals surface area contributed by atoms with E-state index < -0.39 is 6.43 Å². The highest BCUT2D eigenvalue weighted by atomic mass is 19.3. The molecule has 1 aromatic carbocycles. The number of methoxy groups -OCH3 is 1. The lowest BCUT2D eigenvalue weighted by molar-refractivity contribution is 0.0763. The van der Waals surface area contributed by atoms with E-state index in [0.717, 1.165) is 30.2 Å². The fourth-order valence-corrected chi connectivity index (χ4v) is 3.73. The lowest BCUT2D eigenvalue weighted by atomic mass is 10.1. The second-order valence-electron chi connectivity index (χ2n) is 7.07. The van der Waals surface area contributed by atoms with E-state index in [2.05, 4.69) is 10.1 Å². The van der Waals surface area contributed by atoms with Crippen LogP contribution in [0.5, 0.6) is 5.75 Å². The summed E-state index contributed by atoms with van der Waals surface area (Å²) in [5.74, 6) is 0.302. The molecule has 0 N–H and O–H groups in total. The number of likely N-dealkylation sites (tertiary alicyclic amines) is 1. The maximum Gasteiger partial charge on any atom is 0.280 e. The molecule has 152 valence electrons. The van der Waals surface area contributed by atoms with E-state index in [-0.39, 0.29) is 22.8 Å². The predicted octanol–water partition coefficient (Wildman–Crippen LogP) is 4.36. The summed E-state index contributed by atoms with van der Waals surface area (Å²) >= 11 is 0. The third-order valence-corrected chi connectivity index (χ3v) is 5.23. The molecule has 29 heavy (non-hydrogen) atoms. The number of para-hydroxylation sites is 1. The van der Waals surface area contributed by atoms with Crippen LogP contribution in [0.1, 0.15) is 48.2 Å². The summed E-state index contributed by atoms with van der Waals surface area (Å²) < 4.78 is 34.0.